The molecule has 0 amide bonds. The highest BCUT2D eigenvalue weighted by molar-refractivity contribution is 4.98. The monoisotopic (exact) mass is 172 g/mol. The number of hydrogen-bond acceptors (Lipinski definition) is 4. The first-order chi connectivity index (χ1) is 5.70. The van der Waals surface area contributed by atoms with Gasteiger partial charge in [0.2, 0.25) is 6.29 Å². The van der Waals surface area contributed by atoms with Crippen LogP contribution in [-0.4, -0.2) is 22.9 Å². The second kappa shape index (κ2) is 4.25. The molecule has 0 aliphatic rings. The van der Waals surface area contributed by atoms with Crippen molar-refractivity contribution in [1.82, 2.24) is 0 Å². The third kappa shape index (κ3) is 2.65. The Morgan fingerprint density at radius 1 is 1.58 bits per heavy atom. The highest BCUT2D eigenvalue weighted by Crippen LogP contribution is 2.13. The summed E-state index contributed by atoms with van der Waals surface area (Å²) in [5.41, 5.74) is 0. The SMILES string of the molecule is CC(O)COC(O)c1ccco1. The van der Waals surface area contributed by atoms with Gasteiger partial charge in [0, 0.05) is 0 Å². The van der Waals surface area contributed by atoms with Crippen molar-refractivity contribution in [3.05, 3.63) is 24.2 Å². The van der Waals surface area contributed by atoms with Crippen LogP contribution in [0.4, 0.5) is 0 Å². The van der Waals surface area contributed by atoms with E-state index in [-0.39, 0.29) is 6.61 Å². The minimum atomic E-state index is -1.09. The van der Waals surface area contributed by atoms with E-state index in [0.717, 1.165) is 0 Å². The Balaban J connectivity index is 2.34. The van der Waals surface area contributed by atoms with Crippen molar-refractivity contribution in [2.24, 2.45) is 0 Å². The molecular weight excluding hydrogens is 160 g/mol. The van der Waals surface area contributed by atoms with Crippen molar-refractivity contribution in [3.63, 3.8) is 0 Å². The number of ether oxygens (including phenoxy) is 1. The molecule has 0 fully saturated rings. The molecule has 68 valence electrons. The van der Waals surface area contributed by atoms with Crippen LogP contribution in [0.15, 0.2) is 22.8 Å². The average Bonchev–Trinajstić information content (AvgIpc) is 2.51. The van der Waals surface area contributed by atoms with Gasteiger partial charge in [-0.1, -0.05) is 0 Å². The molecule has 1 rings (SSSR count). The standard InChI is InChI=1S/C8H12O4/c1-6(9)5-12-8(10)7-3-2-4-11-7/h2-4,6,8-10H,5H2,1H3. The third-order valence-electron chi connectivity index (χ3n) is 1.28. The van der Waals surface area contributed by atoms with E-state index in [1.54, 1.807) is 19.1 Å². The van der Waals surface area contributed by atoms with Crippen LogP contribution in [-0.2, 0) is 4.74 Å². The van der Waals surface area contributed by atoms with Gasteiger partial charge in [-0.15, -0.1) is 0 Å². The Morgan fingerprint density at radius 2 is 2.33 bits per heavy atom. The van der Waals surface area contributed by atoms with E-state index < -0.39 is 12.4 Å². The van der Waals surface area contributed by atoms with Crippen molar-refractivity contribution in [3.8, 4) is 0 Å². The second-order valence-electron chi connectivity index (χ2n) is 2.55. The molecule has 2 N–H and O–H groups in total. The first-order valence-electron chi connectivity index (χ1n) is 3.71. The third-order valence-corrected chi connectivity index (χ3v) is 1.28. The van der Waals surface area contributed by atoms with E-state index in [0.29, 0.717) is 5.76 Å². The Bertz CT molecular complexity index is 205. The van der Waals surface area contributed by atoms with E-state index in [1.165, 1.54) is 6.26 Å². The van der Waals surface area contributed by atoms with Crippen LogP contribution in [0.3, 0.4) is 0 Å². The van der Waals surface area contributed by atoms with Crippen molar-refractivity contribution in [1.29, 1.82) is 0 Å². The van der Waals surface area contributed by atoms with Crippen molar-refractivity contribution >= 4 is 0 Å². The van der Waals surface area contributed by atoms with E-state index in [9.17, 15) is 5.11 Å². The van der Waals surface area contributed by atoms with E-state index in [4.69, 9.17) is 14.3 Å². The first-order valence-corrected chi connectivity index (χ1v) is 3.71. The molecule has 2 atom stereocenters. The summed E-state index contributed by atoms with van der Waals surface area (Å²) < 4.78 is 9.73. The lowest BCUT2D eigenvalue weighted by Crippen LogP contribution is -2.13. The smallest absolute Gasteiger partial charge is 0.214 e. The predicted molar refractivity (Wildman–Crippen MR) is 41.3 cm³/mol. The lowest BCUT2D eigenvalue weighted by molar-refractivity contribution is -0.132. The van der Waals surface area contributed by atoms with Crippen LogP contribution in [0.25, 0.3) is 0 Å². The highest BCUT2D eigenvalue weighted by atomic mass is 16.6. The summed E-state index contributed by atoms with van der Waals surface area (Å²) in [6, 6.07) is 3.26. The number of rotatable bonds is 4. The minimum absolute atomic E-state index is 0.0852. The summed E-state index contributed by atoms with van der Waals surface area (Å²) >= 11 is 0. The summed E-state index contributed by atoms with van der Waals surface area (Å²) in [6.45, 7) is 1.66. The summed E-state index contributed by atoms with van der Waals surface area (Å²) in [7, 11) is 0. The quantitative estimate of drug-likeness (QED) is 0.655. The van der Waals surface area contributed by atoms with Crippen LogP contribution in [0.2, 0.25) is 0 Å². The van der Waals surface area contributed by atoms with Crippen LogP contribution >= 0.6 is 0 Å². The molecule has 0 aliphatic carbocycles. The molecule has 4 heteroatoms. The molecule has 0 aromatic carbocycles. The van der Waals surface area contributed by atoms with Crippen molar-refractivity contribution in [2.45, 2.75) is 19.3 Å². The van der Waals surface area contributed by atoms with Gasteiger partial charge in [0.1, 0.15) is 0 Å². The molecule has 0 aliphatic heterocycles. The lowest BCUT2D eigenvalue weighted by Gasteiger charge is -2.10. The molecular formula is C8H12O4. The Morgan fingerprint density at radius 3 is 2.83 bits per heavy atom. The second-order valence-corrected chi connectivity index (χ2v) is 2.55. The van der Waals surface area contributed by atoms with E-state index in [1.807, 2.05) is 0 Å². The van der Waals surface area contributed by atoms with Gasteiger partial charge in [-0.2, -0.15) is 0 Å². The molecule has 0 bridgehead atoms. The summed E-state index contributed by atoms with van der Waals surface area (Å²) in [4.78, 5) is 0. The molecule has 1 heterocycles. The van der Waals surface area contributed by atoms with Gasteiger partial charge in [-0.05, 0) is 19.1 Å². The zero-order valence-corrected chi connectivity index (χ0v) is 6.80. The normalized spacial score (nSPS) is 15.9. The average molecular weight is 172 g/mol. The van der Waals surface area contributed by atoms with Crippen molar-refractivity contribution in [2.75, 3.05) is 6.61 Å². The fourth-order valence-electron chi connectivity index (χ4n) is 0.744. The fourth-order valence-corrected chi connectivity index (χ4v) is 0.744. The minimum Gasteiger partial charge on any atom is -0.464 e. The molecule has 12 heavy (non-hydrogen) atoms. The summed E-state index contributed by atoms with van der Waals surface area (Å²) in [5.74, 6) is 0.343. The Labute approximate surface area is 70.4 Å². The molecule has 0 saturated carbocycles. The van der Waals surface area contributed by atoms with Gasteiger partial charge in [-0.3, -0.25) is 0 Å². The fraction of sp³-hybridized carbons (Fsp3) is 0.500. The lowest BCUT2D eigenvalue weighted by atomic mass is 10.4. The van der Waals surface area contributed by atoms with Gasteiger partial charge in [-0.25, -0.2) is 0 Å². The highest BCUT2D eigenvalue weighted by Gasteiger charge is 2.10. The van der Waals surface area contributed by atoms with Crippen LogP contribution in [0.5, 0.6) is 0 Å². The molecule has 2 unspecified atom stereocenters. The molecule has 4 nitrogen and oxygen atoms in total. The maximum absolute atomic E-state index is 9.23. The van der Waals surface area contributed by atoms with Crippen LogP contribution < -0.4 is 0 Å². The first kappa shape index (κ1) is 9.25. The largest absolute Gasteiger partial charge is 0.464 e. The number of aliphatic hydroxyl groups excluding tert-OH is 2. The Kier molecular flexibility index (Phi) is 3.28. The summed E-state index contributed by atoms with van der Waals surface area (Å²) in [5, 5.41) is 18.1. The predicted octanol–water partition coefficient (Wildman–Crippen LogP) is 0.668. The maximum Gasteiger partial charge on any atom is 0.214 e. The molecule has 1 aromatic rings. The van der Waals surface area contributed by atoms with E-state index in [2.05, 4.69) is 0 Å². The number of furan rings is 1. The maximum atomic E-state index is 9.23. The summed E-state index contributed by atoms with van der Waals surface area (Å²) in [6.07, 6.45) is -0.228. The van der Waals surface area contributed by atoms with Gasteiger partial charge in [0.25, 0.3) is 0 Å². The van der Waals surface area contributed by atoms with Gasteiger partial charge in [0.15, 0.2) is 5.76 Å². The number of hydrogen-bond donors (Lipinski definition) is 2. The van der Waals surface area contributed by atoms with Gasteiger partial charge < -0.3 is 19.4 Å². The zero-order chi connectivity index (χ0) is 8.97. The molecule has 0 spiro atoms. The Hall–Kier alpha value is -0.840. The van der Waals surface area contributed by atoms with Crippen molar-refractivity contribution < 1.29 is 19.4 Å². The topological polar surface area (TPSA) is 62.8 Å². The molecule has 0 radical (unpaired) electrons. The molecule has 1 aromatic heterocycles. The van der Waals surface area contributed by atoms with Crippen LogP contribution in [0.1, 0.15) is 19.0 Å². The van der Waals surface area contributed by atoms with Crippen LogP contribution in [0, 0.1) is 0 Å². The van der Waals surface area contributed by atoms with Gasteiger partial charge >= 0.3 is 0 Å². The van der Waals surface area contributed by atoms with E-state index >= 15 is 0 Å². The zero-order valence-electron chi connectivity index (χ0n) is 6.80. The molecule has 0 saturated heterocycles. The number of aliphatic hydroxyl groups is 2. The van der Waals surface area contributed by atoms with Gasteiger partial charge in [0.05, 0.1) is 19.0 Å².